The molecule has 84 valence electrons. The van der Waals surface area contributed by atoms with E-state index < -0.39 is 0 Å². The van der Waals surface area contributed by atoms with Crippen molar-refractivity contribution in [3.63, 3.8) is 0 Å². The molecule has 0 amide bonds. The van der Waals surface area contributed by atoms with Gasteiger partial charge in [0.2, 0.25) is 0 Å². The van der Waals surface area contributed by atoms with Crippen molar-refractivity contribution in [2.75, 3.05) is 11.9 Å². The van der Waals surface area contributed by atoms with Crippen LogP contribution < -0.4 is 5.32 Å². The number of anilines is 1. The van der Waals surface area contributed by atoms with E-state index in [-0.39, 0.29) is 0 Å². The molecule has 1 aliphatic carbocycles. The SMILES string of the molecule is CC(C)CCNc1cc(C2CC2)nn1C. The fourth-order valence-electron chi connectivity index (χ4n) is 1.72. The first-order chi connectivity index (χ1) is 7.16. The summed E-state index contributed by atoms with van der Waals surface area (Å²) in [6, 6.07) is 2.21. The van der Waals surface area contributed by atoms with Gasteiger partial charge in [-0.3, -0.25) is 4.68 Å². The first-order valence-electron chi connectivity index (χ1n) is 5.94. The zero-order valence-corrected chi connectivity index (χ0v) is 9.95. The second kappa shape index (κ2) is 4.25. The Balaban J connectivity index is 1.89. The lowest BCUT2D eigenvalue weighted by molar-refractivity contribution is 0.604. The topological polar surface area (TPSA) is 29.9 Å². The van der Waals surface area contributed by atoms with Gasteiger partial charge >= 0.3 is 0 Å². The van der Waals surface area contributed by atoms with Crippen molar-refractivity contribution >= 4 is 5.82 Å². The Hall–Kier alpha value is -0.990. The van der Waals surface area contributed by atoms with Crippen LogP contribution in [0.1, 0.15) is 44.7 Å². The molecule has 1 aliphatic rings. The van der Waals surface area contributed by atoms with Crippen LogP contribution in [-0.4, -0.2) is 16.3 Å². The molecule has 0 spiro atoms. The van der Waals surface area contributed by atoms with E-state index in [0.29, 0.717) is 0 Å². The molecule has 3 nitrogen and oxygen atoms in total. The van der Waals surface area contributed by atoms with Crippen molar-refractivity contribution in [2.24, 2.45) is 13.0 Å². The lowest BCUT2D eigenvalue weighted by Crippen LogP contribution is -2.08. The lowest BCUT2D eigenvalue weighted by Gasteiger charge is -2.07. The normalized spacial score (nSPS) is 16.0. The quantitative estimate of drug-likeness (QED) is 0.804. The Bertz CT molecular complexity index is 324. The molecule has 0 saturated heterocycles. The van der Waals surface area contributed by atoms with E-state index in [1.165, 1.54) is 25.0 Å². The smallest absolute Gasteiger partial charge is 0.124 e. The van der Waals surface area contributed by atoms with Crippen LogP contribution >= 0.6 is 0 Å². The molecule has 3 heteroatoms. The highest BCUT2D eigenvalue weighted by Crippen LogP contribution is 2.39. The van der Waals surface area contributed by atoms with Crippen molar-refractivity contribution in [3.05, 3.63) is 11.8 Å². The monoisotopic (exact) mass is 207 g/mol. The molecule has 0 unspecified atom stereocenters. The summed E-state index contributed by atoms with van der Waals surface area (Å²) in [5.41, 5.74) is 1.27. The van der Waals surface area contributed by atoms with E-state index in [1.807, 2.05) is 11.7 Å². The summed E-state index contributed by atoms with van der Waals surface area (Å²) in [4.78, 5) is 0. The van der Waals surface area contributed by atoms with Gasteiger partial charge in [-0.25, -0.2) is 0 Å². The molecule has 15 heavy (non-hydrogen) atoms. The zero-order valence-electron chi connectivity index (χ0n) is 9.95. The van der Waals surface area contributed by atoms with Crippen molar-refractivity contribution in [2.45, 2.75) is 39.0 Å². The van der Waals surface area contributed by atoms with Gasteiger partial charge in [-0.15, -0.1) is 0 Å². The first-order valence-corrected chi connectivity index (χ1v) is 5.94. The summed E-state index contributed by atoms with van der Waals surface area (Å²) < 4.78 is 1.97. The van der Waals surface area contributed by atoms with Crippen LogP contribution in [0.25, 0.3) is 0 Å². The summed E-state index contributed by atoms with van der Waals surface area (Å²) in [5, 5.41) is 7.97. The van der Waals surface area contributed by atoms with E-state index in [4.69, 9.17) is 0 Å². The van der Waals surface area contributed by atoms with Crippen molar-refractivity contribution in [1.82, 2.24) is 9.78 Å². The summed E-state index contributed by atoms with van der Waals surface area (Å²) in [6.07, 6.45) is 3.86. The second-order valence-corrected chi connectivity index (χ2v) is 4.96. The van der Waals surface area contributed by atoms with Gasteiger partial charge in [-0.2, -0.15) is 5.10 Å². The Kier molecular flexibility index (Phi) is 2.98. The third kappa shape index (κ3) is 2.74. The van der Waals surface area contributed by atoms with Crippen LogP contribution in [0.3, 0.4) is 0 Å². The lowest BCUT2D eigenvalue weighted by atomic mass is 10.1. The predicted octanol–water partition coefficient (Wildman–Crippen LogP) is 2.76. The molecule has 0 atom stereocenters. The fourth-order valence-corrected chi connectivity index (χ4v) is 1.72. The molecule has 0 bridgehead atoms. The third-order valence-electron chi connectivity index (χ3n) is 2.92. The van der Waals surface area contributed by atoms with E-state index in [2.05, 4.69) is 30.3 Å². The van der Waals surface area contributed by atoms with Crippen molar-refractivity contribution in [1.29, 1.82) is 0 Å². The number of nitrogens with zero attached hydrogens (tertiary/aromatic N) is 2. The molecule has 1 aromatic rings. The number of rotatable bonds is 5. The fraction of sp³-hybridized carbons (Fsp3) is 0.750. The maximum atomic E-state index is 4.52. The van der Waals surface area contributed by atoms with Crippen LogP contribution in [0.5, 0.6) is 0 Å². The number of hydrogen-bond donors (Lipinski definition) is 1. The molecule has 1 heterocycles. The van der Waals surface area contributed by atoms with Crippen LogP contribution in [-0.2, 0) is 7.05 Å². The maximum absolute atomic E-state index is 4.52. The van der Waals surface area contributed by atoms with Crippen LogP contribution in [0.4, 0.5) is 5.82 Å². The Labute approximate surface area is 91.9 Å². The molecule has 0 aliphatic heterocycles. The van der Waals surface area contributed by atoms with Crippen molar-refractivity contribution < 1.29 is 0 Å². The highest BCUT2D eigenvalue weighted by Gasteiger charge is 2.26. The van der Waals surface area contributed by atoms with E-state index in [1.54, 1.807) is 0 Å². The van der Waals surface area contributed by atoms with Gasteiger partial charge in [0.05, 0.1) is 5.69 Å². The molecule has 1 aromatic heterocycles. The van der Waals surface area contributed by atoms with Crippen LogP contribution in [0.2, 0.25) is 0 Å². The van der Waals surface area contributed by atoms with Gasteiger partial charge in [-0.1, -0.05) is 13.8 Å². The largest absolute Gasteiger partial charge is 0.370 e. The summed E-state index contributed by atoms with van der Waals surface area (Å²) >= 11 is 0. The Morgan fingerprint density at radius 1 is 1.53 bits per heavy atom. The molecule has 2 rings (SSSR count). The zero-order chi connectivity index (χ0) is 10.8. The summed E-state index contributed by atoms with van der Waals surface area (Å²) in [5.74, 6) is 2.67. The predicted molar refractivity (Wildman–Crippen MR) is 63.1 cm³/mol. The average molecular weight is 207 g/mol. The second-order valence-electron chi connectivity index (χ2n) is 4.96. The number of aryl methyl sites for hydroxylation is 1. The number of aromatic nitrogens is 2. The number of nitrogens with one attached hydrogen (secondary N) is 1. The van der Waals surface area contributed by atoms with Gasteiger partial charge in [-0.05, 0) is 25.2 Å². The highest BCUT2D eigenvalue weighted by molar-refractivity contribution is 5.38. The minimum absolute atomic E-state index is 0.747. The van der Waals surface area contributed by atoms with E-state index in [9.17, 15) is 0 Å². The average Bonchev–Trinajstić information content (AvgIpc) is 2.93. The molecular weight excluding hydrogens is 186 g/mol. The van der Waals surface area contributed by atoms with Crippen molar-refractivity contribution in [3.8, 4) is 0 Å². The van der Waals surface area contributed by atoms with Gasteiger partial charge in [0.15, 0.2) is 0 Å². The minimum Gasteiger partial charge on any atom is -0.370 e. The molecular formula is C12H21N3. The number of hydrogen-bond acceptors (Lipinski definition) is 2. The van der Waals surface area contributed by atoms with Crippen LogP contribution in [0.15, 0.2) is 6.07 Å². The molecule has 0 radical (unpaired) electrons. The summed E-state index contributed by atoms with van der Waals surface area (Å²) in [6.45, 7) is 5.54. The highest BCUT2D eigenvalue weighted by atomic mass is 15.3. The third-order valence-corrected chi connectivity index (χ3v) is 2.92. The summed E-state index contributed by atoms with van der Waals surface area (Å²) in [7, 11) is 2.02. The van der Waals surface area contributed by atoms with Gasteiger partial charge in [0.1, 0.15) is 5.82 Å². The molecule has 0 aromatic carbocycles. The van der Waals surface area contributed by atoms with Gasteiger partial charge in [0.25, 0.3) is 0 Å². The van der Waals surface area contributed by atoms with E-state index in [0.717, 1.165) is 24.2 Å². The first kappa shape index (κ1) is 10.5. The molecule has 1 saturated carbocycles. The van der Waals surface area contributed by atoms with Gasteiger partial charge < -0.3 is 5.32 Å². The molecule has 1 N–H and O–H groups in total. The van der Waals surface area contributed by atoms with E-state index >= 15 is 0 Å². The molecule has 1 fully saturated rings. The van der Waals surface area contributed by atoms with Crippen LogP contribution in [0, 0.1) is 5.92 Å². The minimum atomic E-state index is 0.747. The Morgan fingerprint density at radius 2 is 2.27 bits per heavy atom. The van der Waals surface area contributed by atoms with Gasteiger partial charge in [0, 0.05) is 25.6 Å². The Morgan fingerprint density at radius 3 is 2.87 bits per heavy atom. The standard InChI is InChI=1S/C12H21N3/c1-9(2)6-7-13-12-8-11(10-4-5-10)14-15(12)3/h8-10,13H,4-7H2,1-3H3. The maximum Gasteiger partial charge on any atom is 0.124 e.